The van der Waals surface area contributed by atoms with E-state index in [9.17, 15) is 22.0 Å². The predicted molar refractivity (Wildman–Crippen MR) is 77.8 cm³/mol. The summed E-state index contributed by atoms with van der Waals surface area (Å²) in [5.41, 5.74) is 0. The first-order chi connectivity index (χ1) is 11.4. The summed E-state index contributed by atoms with van der Waals surface area (Å²) in [5.74, 6) is -11.5. The molecule has 0 bridgehead atoms. The predicted octanol–water partition coefficient (Wildman–Crippen LogP) is 3.03. The summed E-state index contributed by atoms with van der Waals surface area (Å²) in [5, 5.41) is 0. The van der Waals surface area contributed by atoms with Gasteiger partial charge in [-0.25, -0.2) is 13.2 Å². The van der Waals surface area contributed by atoms with E-state index in [0.29, 0.717) is 25.7 Å². The number of hydrogen-bond acceptors (Lipinski definition) is 4. The van der Waals surface area contributed by atoms with Gasteiger partial charge in [0.15, 0.2) is 15.5 Å². The molecule has 0 amide bonds. The summed E-state index contributed by atoms with van der Waals surface area (Å²) >= 11 is 0. The Morgan fingerprint density at radius 1 is 0.833 bits per heavy atom. The molecule has 0 unspecified atom stereocenters. The maximum Gasteiger partial charge on any atom is 0.261 e. The minimum Gasteiger partial charge on any atom is -0.487 e. The fraction of sp³-hybridized carbons (Fsp3) is 0.571. The topological polar surface area (TPSA) is 36.9 Å². The van der Waals surface area contributed by atoms with E-state index in [4.69, 9.17) is 18.6 Å². The van der Waals surface area contributed by atoms with Crippen LogP contribution >= 0.6 is 0 Å². The second-order valence-electron chi connectivity index (χ2n) is 4.52. The second kappa shape index (κ2) is 10.6. The second-order valence-corrected chi connectivity index (χ2v) is 5.97. The molecule has 1 rings (SSSR count). The van der Waals surface area contributed by atoms with E-state index in [1.165, 1.54) is 0 Å². The van der Waals surface area contributed by atoms with Crippen molar-refractivity contribution in [2.24, 2.45) is 0 Å². The molecule has 0 saturated carbocycles. The van der Waals surface area contributed by atoms with Crippen molar-refractivity contribution < 1.29 is 40.6 Å². The molecule has 0 radical (unpaired) electrons. The number of rotatable bonds is 11. The molecule has 10 heteroatoms. The van der Waals surface area contributed by atoms with Crippen LogP contribution in [-0.4, -0.2) is 36.1 Å². The third-order valence-corrected chi connectivity index (χ3v) is 4.11. The fourth-order valence-corrected chi connectivity index (χ4v) is 2.65. The van der Waals surface area contributed by atoms with Gasteiger partial charge in [-0.15, -0.1) is 0 Å². The highest BCUT2D eigenvalue weighted by Gasteiger charge is 2.26. The molecular weight excluding hydrogens is 355 g/mol. The highest BCUT2D eigenvalue weighted by atomic mass is 28.2. The Kier molecular flexibility index (Phi) is 9.19. The summed E-state index contributed by atoms with van der Waals surface area (Å²) in [7, 11) is -1.04. The molecule has 0 aliphatic carbocycles. The maximum absolute atomic E-state index is 13.4. The van der Waals surface area contributed by atoms with Crippen LogP contribution < -0.4 is 4.74 Å². The average Bonchev–Trinajstić information content (AvgIpc) is 2.57. The summed E-state index contributed by atoms with van der Waals surface area (Å²) in [6.45, 7) is 3.46. The molecule has 138 valence electrons. The van der Waals surface area contributed by atoms with Gasteiger partial charge in [-0.1, -0.05) is 0 Å². The minimum absolute atomic E-state index is 0.206. The lowest BCUT2D eigenvalue weighted by Gasteiger charge is -2.17. The third-order valence-electron chi connectivity index (χ3n) is 2.81. The zero-order valence-electron chi connectivity index (χ0n) is 13.3. The summed E-state index contributed by atoms with van der Waals surface area (Å²) in [6, 6.07) is 0.548. The third kappa shape index (κ3) is 5.69. The number of hydrogen-bond donors (Lipinski definition) is 0. The van der Waals surface area contributed by atoms with Gasteiger partial charge in [-0.2, -0.15) is 8.78 Å². The molecule has 0 aliphatic heterocycles. The van der Waals surface area contributed by atoms with Crippen LogP contribution in [0.1, 0.15) is 20.3 Å². The van der Waals surface area contributed by atoms with Crippen molar-refractivity contribution >= 4 is 9.76 Å². The van der Waals surface area contributed by atoms with Crippen molar-refractivity contribution in [3.05, 3.63) is 29.1 Å². The van der Waals surface area contributed by atoms with Gasteiger partial charge in [0.25, 0.3) is 6.48 Å². The van der Waals surface area contributed by atoms with Crippen LogP contribution in [0, 0.1) is 29.1 Å². The molecule has 0 aliphatic rings. The zero-order valence-corrected chi connectivity index (χ0v) is 14.8. The van der Waals surface area contributed by atoms with Crippen LogP contribution in [0.5, 0.6) is 5.75 Å². The first-order valence-corrected chi connectivity index (χ1v) is 9.00. The van der Waals surface area contributed by atoms with Crippen molar-refractivity contribution in [3.8, 4) is 5.75 Å². The lowest BCUT2D eigenvalue weighted by Crippen LogP contribution is -2.23. The largest absolute Gasteiger partial charge is 0.487 e. The van der Waals surface area contributed by atoms with Crippen molar-refractivity contribution in [1.82, 2.24) is 0 Å². The number of benzene rings is 1. The Labute approximate surface area is 138 Å². The lowest BCUT2D eigenvalue weighted by atomic mass is 10.2. The van der Waals surface area contributed by atoms with Gasteiger partial charge in [0.1, 0.15) is 0 Å². The van der Waals surface area contributed by atoms with E-state index in [1.807, 2.05) is 0 Å². The Morgan fingerprint density at radius 2 is 1.33 bits per heavy atom. The van der Waals surface area contributed by atoms with Crippen LogP contribution in [0.15, 0.2) is 0 Å². The normalized spacial score (nSPS) is 11.8. The van der Waals surface area contributed by atoms with Gasteiger partial charge in [-0.3, -0.25) is 0 Å². The molecular formula is C14H19F5O4Si. The van der Waals surface area contributed by atoms with Crippen LogP contribution in [0.4, 0.5) is 22.0 Å². The van der Waals surface area contributed by atoms with Crippen LogP contribution in [0.25, 0.3) is 0 Å². The van der Waals surface area contributed by atoms with E-state index in [2.05, 4.69) is 0 Å². The molecule has 0 fully saturated rings. The van der Waals surface area contributed by atoms with Gasteiger partial charge in [0.2, 0.25) is 29.1 Å². The standard InChI is InChI=1S/C14H19F5O4Si/c1-3-20-14(21-4-2)23-24-7-5-6-22-13-11(18)9(16)8(15)10(17)12(13)19/h14H,3-7,24H2,1-2H3. The first kappa shape index (κ1) is 20.8. The van der Waals surface area contributed by atoms with Gasteiger partial charge in [-0.05, 0) is 26.3 Å². The van der Waals surface area contributed by atoms with Crippen LogP contribution in [0.2, 0.25) is 6.04 Å². The monoisotopic (exact) mass is 374 g/mol. The molecule has 1 aromatic rings. The lowest BCUT2D eigenvalue weighted by molar-refractivity contribution is -0.243. The smallest absolute Gasteiger partial charge is 0.261 e. The number of ether oxygens (including phenoxy) is 3. The summed E-state index contributed by atoms with van der Waals surface area (Å²) < 4.78 is 86.0. The van der Waals surface area contributed by atoms with Crippen molar-refractivity contribution in [3.63, 3.8) is 0 Å². The Hall–Kier alpha value is -1.23. The Bertz CT molecular complexity index is 497. The maximum atomic E-state index is 13.4. The molecule has 0 N–H and O–H groups in total. The molecule has 1 aromatic carbocycles. The Balaban J connectivity index is 2.41. The minimum atomic E-state index is -2.21. The molecule has 0 saturated heterocycles. The van der Waals surface area contributed by atoms with E-state index in [1.54, 1.807) is 13.8 Å². The first-order valence-electron chi connectivity index (χ1n) is 7.43. The van der Waals surface area contributed by atoms with Gasteiger partial charge in [0, 0.05) is 13.2 Å². The molecule has 0 atom stereocenters. The quantitative estimate of drug-likeness (QED) is 0.149. The van der Waals surface area contributed by atoms with E-state index >= 15 is 0 Å². The molecule has 24 heavy (non-hydrogen) atoms. The van der Waals surface area contributed by atoms with Crippen LogP contribution in [-0.2, 0) is 13.9 Å². The van der Waals surface area contributed by atoms with E-state index < -0.39 is 51.1 Å². The summed E-state index contributed by atoms with van der Waals surface area (Å²) in [4.78, 5) is 0. The van der Waals surface area contributed by atoms with E-state index in [0.717, 1.165) is 0 Å². The molecule has 0 heterocycles. The molecule has 0 spiro atoms. The fourth-order valence-electron chi connectivity index (χ4n) is 1.69. The zero-order chi connectivity index (χ0) is 18.1. The van der Waals surface area contributed by atoms with E-state index in [-0.39, 0.29) is 6.61 Å². The molecule has 4 nitrogen and oxygen atoms in total. The SMILES string of the molecule is CCOC(OCC)O[SiH2]CCCOc1c(F)c(F)c(F)c(F)c1F. The molecule has 0 aromatic heterocycles. The van der Waals surface area contributed by atoms with Crippen molar-refractivity contribution in [1.29, 1.82) is 0 Å². The number of halogens is 5. The van der Waals surface area contributed by atoms with Crippen LogP contribution in [0.3, 0.4) is 0 Å². The summed E-state index contributed by atoms with van der Waals surface area (Å²) in [6.07, 6.45) is 0.330. The highest BCUT2D eigenvalue weighted by Crippen LogP contribution is 2.29. The average molecular weight is 374 g/mol. The van der Waals surface area contributed by atoms with Gasteiger partial charge >= 0.3 is 0 Å². The van der Waals surface area contributed by atoms with Gasteiger partial charge < -0.3 is 18.6 Å². The highest BCUT2D eigenvalue weighted by molar-refractivity contribution is 6.27. The van der Waals surface area contributed by atoms with Gasteiger partial charge in [0.05, 0.1) is 6.61 Å². The van der Waals surface area contributed by atoms with Crippen molar-refractivity contribution in [2.45, 2.75) is 32.8 Å². The van der Waals surface area contributed by atoms with Crippen molar-refractivity contribution in [2.75, 3.05) is 19.8 Å². The Morgan fingerprint density at radius 3 is 1.83 bits per heavy atom.